The molecule has 1 aliphatic rings. The maximum Gasteiger partial charge on any atom is 0.243 e. The van der Waals surface area contributed by atoms with Crippen molar-refractivity contribution in [3.63, 3.8) is 0 Å². The summed E-state index contributed by atoms with van der Waals surface area (Å²) in [5.74, 6) is -0.513. The topological polar surface area (TPSA) is 78.7 Å². The molecule has 0 radical (unpaired) electrons. The molecule has 0 spiro atoms. The van der Waals surface area contributed by atoms with E-state index in [1.165, 1.54) is 0 Å². The minimum absolute atomic E-state index is 0.0218. The fourth-order valence-electron chi connectivity index (χ4n) is 2.37. The Kier molecular flexibility index (Phi) is 5.31. The first kappa shape index (κ1) is 15.9. The number of hydrogen-bond acceptors (Lipinski definition) is 4. The van der Waals surface area contributed by atoms with Gasteiger partial charge in [0.1, 0.15) is 0 Å². The summed E-state index contributed by atoms with van der Waals surface area (Å²) in [6.07, 6.45) is 0. The summed E-state index contributed by atoms with van der Waals surface area (Å²) in [6, 6.07) is -0.0396. The van der Waals surface area contributed by atoms with Crippen molar-refractivity contribution in [2.24, 2.45) is 5.73 Å². The molecule has 0 aliphatic carbocycles. The predicted molar refractivity (Wildman–Crippen MR) is 74.6 cm³/mol. The highest BCUT2D eigenvalue weighted by atomic mass is 16.2. The molecule has 1 fully saturated rings. The standard InChI is InChI=1S/C13H26N4O2/c1-10(2)17(9-11(14)18)12(19)13(3,4)16-7-5-15-6-8-16/h10,15H,5-9H2,1-4H3,(H2,14,18). The molecule has 0 aromatic heterocycles. The van der Waals surface area contributed by atoms with Crippen LogP contribution < -0.4 is 11.1 Å². The summed E-state index contributed by atoms with van der Waals surface area (Å²) in [5.41, 5.74) is 4.62. The van der Waals surface area contributed by atoms with Gasteiger partial charge in [-0.3, -0.25) is 14.5 Å². The van der Waals surface area contributed by atoms with Gasteiger partial charge < -0.3 is 16.0 Å². The van der Waals surface area contributed by atoms with Gasteiger partial charge in [-0.15, -0.1) is 0 Å². The molecular weight excluding hydrogens is 244 g/mol. The Balaban J connectivity index is 2.83. The van der Waals surface area contributed by atoms with Crippen LogP contribution in [0.5, 0.6) is 0 Å². The van der Waals surface area contributed by atoms with Crippen LogP contribution in [0.1, 0.15) is 27.7 Å². The van der Waals surface area contributed by atoms with E-state index in [1.807, 2.05) is 27.7 Å². The number of carbonyl (C=O) groups is 2. The maximum atomic E-state index is 12.7. The number of piperazine rings is 1. The molecule has 19 heavy (non-hydrogen) atoms. The van der Waals surface area contributed by atoms with E-state index in [-0.39, 0.29) is 18.5 Å². The van der Waals surface area contributed by atoms with E-state index in [0.717, 1.165) is 26.2 Å². The monoisotopic (exact) mass is 270 g/mol. The third-order valence-electron chi connectivity index (χ3n) is 3.64. The molecule has 6 nitrogen and oxygen atoms in total. The van der Waals surface area contributed by atoms with Crippen LogP contribution in [-0.2, 0) is 9.59 Å². The van der Waals surface area contributed by atoms with Gasteiger partial charge >= 0.3 is 0 Å². The maximum absolute atomic E-state index is 12.7. The van der Waals surface area contributed by atoms with Crippen molar-refractivity contribution in [1.82, 2.24) is 15.1 Å². The molecular formula is C13H26N4O2. The molecule has 1 saturated heterocycles. The number of amides is 2. The minimum atomic E-state index is -0.609. The zero-order chi connectivity index (χ0) is 14.6. The minimum Gasteiger partial charge on any atom is -0.368 e. The first-order valence-corrected chi connectivity index (χ1v) is 6.82. The summed E-state index contributed by atoms with van der Waals surface area (Å²) in [4.78, 5) is 27.5. The number of carbonyl (C=O) groups excluding carboxylic acids is 2. The van der Waals surface area contributed by atoms with Gasteiger partial charge in [0, 0.05) is 32.2 Å². The summed E-state index contributed by atoms with van der Waals surface area (Å²) in [6.45, 7) is 11.0. The molecule has 0 aromatic rings. The quantitative estimate of drug-likeness (QED) is 0.699. The number of primary amides is 1. The lowest BCUT2D eigenvalue weighted by Gasteiger charge is -2.43. The van der Waals surface area contributed by atoms with E-state index in [0.29, 0.717) is 0 Å². The smallest absolute Gasteiger partial charge is 0.243 e. The Hall–Kier alpha value is -1.14. The van der Waals surface area contributed by atoms with Crippen LogP contribution in [0, 0.1) is 0 Å². The van der Waals surface area contributed by atoms with Crippen LogP contribution in [0.25, 0.3) is 0 Å². The summed E-state index contributed by atoms with van der Waals surface area (Å²) in [7, 11) is 0. The Morgan fingerprint density at radius 3 is 2.26 bits per heavy atom. The van der Waals surface area contributed by atoms with Crippen LogP contribution >= 0.6 is 0 Å². The van der Waals surface area contributed by atoms with Crippen LogP contribution in [0.4, 0.5) is 0 Å². The predicted octanol–water partition coefficient (Wildman–Crippen LogP) is -0.607. The van der Waals surface area contributed by atoms with Crippen molar-refractivity contribution in [1.29, 1.82) is 0 Å². The second kappa shape index (κ2) is 6.34. The SMILES string of the molecule is CC(C)N(CC(N)=O)C(=O)C(C)(C)N1CCNCC1. The Labute approximate surface area is 115 Å². The molecule has 2 amide bonds. The Morgan fingerprint density at radius 1 is 1.32 bits per heavy atom. The number of rotatable bonds is 5. The molecule has 1 heterocycles. The van der Waals surface area contributed by atoms with Gasteiger partial charge in [-0.2, -0.15) is 0 Å². The molecule has 1 rings (SSSR count). The zero-order valence-corrected chi connectivity index (χ0v) is 12.4. The van der Waals surface area contributed by atoms with E-state index >= 15 is 0 Å². The molecule has 6 heteroatoms. The molecule has 1 aliphatic heterocycles. The largest absolute Gasteiger partial charge is 0.368 e. The highest BCUT2D eigenvalue weighted by molar-refractivity contribution is 5.89. The second-order valence-electron chi connectivity index (χ2n) is 5.79. The average Bonchev–Trinajstić information content (AvgIpc) is 2.35. The van der Waals surface area contributed by atoms with Crippen LogP contribution in [0.2, 0.25) is 0 Å². The van der Waals surface area contributed by atoms with E-state index < -0.39 is 11.4 Å². The van der Waals surface area contributed by atoms with Crippen molar-refractivity contribution >= 4 is 11.8 Å². The van der Waals surface area contributed by atoms with Crippen LogP contribution in [0.3, 0.4) is 0 Å². The van der Waals surface area contributed by atoms with E-state index in [2.05, 4.69) is 10.2 Å². The lowest BCUT2D eigenvalue weighted by molar-refractivity contribution is -0.147. The molecule has 0 aromatic carbocycles. The van der Waals surface area contributed by atoms with Gasteiger partial charge in [-0.1, -0.05) is 0 Å². The van der Waals surface area contributed by atoms with Crippen molar-refractivity contribution in [2.45, 2.75) is 39.3 Å². The van der Waals surface area contributed by atoms with Crippen molar-refractivity contribution in [2.75, 3.05) is 32.7 Å². The third kappa shape index (κ3) is 3.91. The van der Waals surface area contributed by atoms with Crippen LogP contribution in [0.15, 0.2) is 0 Å². The van der Waals surface area contributed by atoms with Gasteiger partial charge in [0.05, 0.1) is 12.1 Å². The van der Waals surface area contributed by atoms with Crippen molar-refractivity contribution in [3.8, 4) is 0 Å². The Bertz CT molecular complexity index is 336. The molecule has 0 saturated carbocycles. The first-order valence-electron chi connectivity index (χ1n) is 6.82. The Morgan fingerprint density at radius 2 is 1.84 bits per heavy atom. The van der Waals surface area contributed by atoms with Gasteiger partial charge in [-0.05, 0) is 27.7 Å². The average molecular weight is 270 g/mol. The van der Waals surface area contributed by atoms with Gasteiger partial charge in [0.2, 0.25) is 11.8 Å². The highest BCUT2D eigenvalue weighted by Crippen LogP contribution is 2.19. The van der Waals surface area contributed by atoms with Crippen LogP contribution in [-0.4, -0.2) is 65.9 Å². The third-order valence-corrected chi connectivity index (χ3v) is 3.64. The summed E-state index contributed by atoms with van der Waals surface area (Å²) < 4.78 is 0. The number of nitrogens with zero attached hydrogens (tertiary/aromatic N) is 2. The fourth-order valence-corrected chi connectivity index (χ4v) is 2.37. The molecule has 110 valence electrons. The fraction of sp³-hybridized carbons (Fsp3) is 0.846. The lowest BCUT2D eigenvalue weighted by atomic mass is 9.98. The first-order chi connectivity index (χ1) is 8.76. The second-order valence-corrected chi connectivity index (χ2v) is 5.79. The van der Waals surface area contributed by atoms with Gasteiger partial charge in [0.15, 0.2) is 0 Å². The molecule has 3 N–H and O–H groups in total. The lowest BCUT2D eigenvalue weighted by Crippen LogP contribution is -2.62. The van der Waals surface area contributed by atoms with Gasteiger partial charge in [0.25, 0.3) is 0 Å². The van der Waals surface area contributed by atoms with Crippen molar-refractivity contribution in [3.05, 3.63) is 0 Å². The molecule has 0 bridgehead atoms. The highest BCUT2D eigenvalue weighted by Gasteiger charge is 2.39. The zero-order valence-electron chi connectivity index (χ0n) is 12.4. The van der Waals surface area contributed by atoms with E-state index in [1.54, 1.807) is 4.90 Å². The summed E-state index contributed by atoms with van der Waals surface area (Å²) in [5, 5.41) is 3.27. The van der Waals surface area contributed by atoms with E-state index in [9.17, 15) is 9.59 Å². The van der Waals surface area contributed by atoms with Gasteiger partial charge in [-0.25, -0.2) is 0 Å². The molecule has 0 unspecified atom stereocenters. The molecule has 0 atom stereocenters. The number of nitrogens with one attached hydrogen (secondary N) is 1. The number of nitrogens with two attached hydrogens (primary N) is 1. The normalized spacial score (nSPS) is 17.5. The number of hydrogen-bond donors (Lipinski definition) is 2. The van der Waals surface area contributed by atoms with Crippen molar-refractivity contribution < 1.29 is 9.59 Å². The summed E-state index contributed by atoms with van der Waals surface area (Å²) >= 11 is 0. The van der Waals surface area contributed by atoms with E-state index in [4.69, 9.17) is 5.73 Å².